The van der Waals surface area contributed by atoms with Gasteiger partial charge in [-0.3, -0.25) is 24.0 Å². The van der Waals surface area contributed by atoms with Gasteiger partial charge in [0.2, 0.25) is 17.7 Å². The number of carbonyl (C=O) groups is 5. The predicted molar refractivity (Wildman–Crippen MR) is 102 cm³/mol. The molecule has 3 unspecified atom stereocenters. The molecule has 3 atom stereocenters. The van der Waals surface area contributed by atoms with Gasteiger partial charge in [0.05, 0.1) is 6.04 Å². The van der Waals surface area contributed by atoms with Crippen LogP contribution in [0.5, 0.6) is 0 Å². The molecular formula is C18H30N4O7. The zero-order valence-corrected chi connectivity index (χ0v) is 16.7. The zero-order valence-electron chi connectivity index (χ0n) is 16.7. The van der Waals surface area contributed by atoms with E-state index in [1.54, 1.807) is 0 Å². The minimum atomic E-state index is -1.27. The van der Waals surface area contributed by atoms with E-state index in [0.29, 0.717) is 25.8 Å². The molecule has 6 N–H and O–H groups in total. The van der Waals surface area contributed by atoms with Gasteiger partial charge in [0, 0.05) is 13.0 Å². The lowest BCUT2D eigenvalue weighted by atomic mass is 10.0. The maximum atomic E-state index is 12.7. The maximum Gasteiger partial charge on any atom is 0.322 e. The quantitative estimate of drug-likeness (QED) is 0.283. The smallest absolute Gasteiger partial charge is 0.322 e. The van der Waals surface area contributed by atoms with Crippen molar-refractivity contribution in [1.29, 1.82) is 0 Å². The first kappa shape index (κ1) is 24.3. The van der Waals surface area contributed by atoms with Crippen LogP contribution in [0.1, 0.15) is 46.0 Å². The second-order valence-corrected chi connectivity index (χ2v) is 7.53. The van der Waals surface area contributed by atoms with Gasteiger partial charge in [0.25, 0.3) is 0 Å². The largest absolute Gasteiger partial charge is 0.481 e. The molecule has 3 amide bonds. The number of nitrogens with zero attached hydrogens (tertiary/aromatic N) is 1. The van der Waals surface area contributed by atoms with Crippen LogP contribution in [0.3, 0.4) is 0 Å². The Labute approximate surface area is 169 Å². The molecule has 164 valence electrons. The van der Waals surface area contributed by atoms with Crippen molar-refractivity contribution in [2.75, 3.05) is 13.1 Å². The number of likely N-dealkylation sites (tertiary alicyclic amines) is 1. The number of amides is 3. The third-order valence-corrected chi connectivity index (χ3v) is 4.57. The summed E-state index contributed by atoms with van der Waals surface area (Å²) in [4.78, 5) is 60.4. The first-order valence-electron chi connectivity index (χ1n) is 9.60. The molecule has 0 radical (unpaired) electrons. The molecule has 11 heteroatoms. The highest BCUT2D eigenvalue weighted by molar-refractivity contribution is 5.94. The fourth-order valence-corrected chi connectivity index (χ4v) is 3.22. The van der Waals surface area contributed by atoms with Crippen LogP contribution in [0.25, 0.3) is 0 Å². The Hall–Kier alpha value is -2.69. The normalized spacial score (nSPS) is 18.2. The summed E-state index contributed by atoms with van der Waals surface area (Å²) in [5.41, 5.74) is 5.95. The summed E-state index contributed by atoms with van der Waals surface area (Å²) >= 11 is 0. The highest BCUT2D eigenvalue weighted by Gasteiger charge is 2.37. The lowest BCUT2D eigenvalue weighted by molar-refractivity contribution is -0.142. The van der Waals surface area contributed by atoms with Gasteiger partial charge in [0.1, 0.15) is 18.6 Å². The second-order valence-electron chi connectivity index (χ2n) is 7.53. The van der Waals surface area contributed by atoms with Crippen molar-refractivity contribution >= 4 is 29.7 Å². The molecule has 1 aliphatic rings. The lowest BCUT2D eigenvalue weighted by Gasteiger charge is -2.28. The number of hydrogen-bond acceptors (Lipinski definition) is 6. The maximum absolute atomic E-state index is 12.7. The topological polar surface area (TPSA) is 179 Å². The van der Waals surface area contributed by atoms with E-state index >= 15 is 0 Å². The molecule has 1 aliphatic heterocycles. The van der Waals surface area contributed by atoms with Crippen molar-refractivity contribution < 1.29 is 34.2 Å². The second kappa shape index (κ2) is 11.3. The molecule has 0 aromatic heterocycles. The summed E-state index contributed by atoms with van der Waals surface area (Å²) in [5.74, 6) is -3.94. The zero-order chi connectivity index (χ0) is 22.1. The lowest BCUT2D eigenvalue weighted by Crippen LogP contribution is -2.55. The highest BCUT2D eigenvalue weighted by atomic mass is 16.4. The van der Waals surface area contributed by atoms with Crippen LogP contribution in [0, 0.1) is 5.92 Å². The van der Waals surface area contributed by atoms with Gasteiger partial charge >= 0.3 is 11.9 Å². The summed E-state index contributed by atoms with van der Waals surface area (Å²) in [6, 6.07) is -2.76. The van der Waals surface area contributed by atoms with Crippen molar-refractivity contribution in [3.63, 3.8) is 0 Å². The van der Waals surface area contributed by atoms with Gasteiger partial charge in [-0.05, 0) is 31.6 Å². The standard InChI is InChI=1S/C18H30N4O7/c1-10(2)8-11(19)18(29)22-7-3-4-13(22)17(28)21-12(5-6-14(23)24)16(27)20-9-15(25)26/h10-13H,3-9,19H2,1-2H3,(H,20,27)(H,21,28)(H,23,24)(H,25,26). The molecule has 1 saturated heterocycles. The number of rotatable bonds is 11. The van der Waals surface area contributed by atoms with Gasteiger partial charge in [-0.1, -0.05) is 13.8 Å². The Morgan fingerprint density at radius 3 is 2.34 bits per heavy atom. The van der Waals surface area contributed by atoms with Crippen LogP contribution >= 0.6 is 0 Å². The van der Waals surface area contributed by atoms with Gasteiger partial charge in [-0.2, -0.15) is 0 Å². The molecule has 1 rings (SSSR count). The predicted octanol–water partition coefficient (Wildman–Crippen LogP) is -1.10. The summed E-state index contributed by atoms with van der Waals surface area (Å²) in [7, 11) is 0. The van der Waals surface area contributed by atoms with Crippen molar-refractivity contribution in [3.05, 3.63) is 0 Å². The monoisotopic (exact) mass is 414 g/mol. The first-order valence-corrected chi connectivity index (χ1v) is 9.60. The van der Waals surface area contributed by atoms with Gasteiger partial charge in [0.15, 0.2) is 0 Å². The van der Waals surface area contributed by atoms with E-state index in [-0.39, 0.29) is 18.2 Å². The van der Waals surface area contributed by atoms with E-state index in [1.165, 1.54) is 4.90 Å². The third-order valence-electron chi connectivity index (χ3n) is 4.57. The minimum Gasteiger partial charge on any atom is -0.481 e. The van der Waals surface area contributed by atoms with Crippen LogP contribution in [-0.2, 0) is 24.0 Å². The molecule has 0 aromatic carbocycles. The Morgan fingerprint density at radius 1 is 1.14 bits per heavy atom. The molecule has 29 heavy (non-hydrogen) atoms. The van der Waals surface area contributed by atoms with Gasteiger partial charge in [-0.15, -0.1) is 0 Å². The molecule has 0 saturated carbocycles. The Morgan fingerprint density at radius 2 is 1.79 bits per heavy atom. The summed E-state index contributed by atoms with van der Waals surface area (Å²) in [5, 5.41) is 22.1. The number of nitrogens with one attached hydrogen (secondary N) is 2. The van der Waals surface area contributed by atoms with Crippen molar-refractivity contribution in [1.82, 2.24) is 15.5 Å². The number of nitrogens with two attached hydrogens (primary N) is 1. The first-order chi connectivity index (χ1) is 13.5. The van der Waals surface area contributed by atoms with Crippen LogP contribution in [0.15, 0.2) is 0 Å². The van der Waals surface area contributed by atoms with Crippen LogP contribution in [0.2, 0.25) is 0 Å². The van der Waals surface area contributed by atoms with E-state index in [4.69, 9.17) is 15.9 Å². The van der Waals surface area contributed by atoms with E-state index in [1.807, 2.05) is 13.8 Å². The molecule has 1 fully saturated rings. The minimum absolute atomic E-state index is 0.208. The fraction of sp³-hybridized carbons (Fsp3) is 0.722. The summed E-state index contributed by atoms with van der Waals surface area (Å²) in [6.07, 6.45) is 0.873. The Kier molecular flexibility index (Phi) is 9.53. The molecule has 0 bridgehead atoms. The number of carboxylic acid groups (broad SMARTS) is 2. The van der Waals surface area contributed by atoms with E-state index in [9.17, 15) is 24.0 Å². The number of aliphatic carboxylic acids is 2. The fourth-order valence-electron chi connectivity index (χ4n) is 3.22. The van der Waals surface area contributed by atoms with Crippen molar-refractivity contribution in [2.45, 2.75) is 64.1 Å². The highest BCUT2D eigenvalue weighted by Crippen LogP contribution is 2.20. The van der Waals surface area contributed by atoms with Crippen LogP contribution in [0.4, 0.5) is 0 Å². The SMILES string of the molecule is CC(C)CC(N)C(=O)N1CCCC1C(=O)NC(CCC(=O)O)C(=O)NCC(=O)O. The molecule has 0 aliphatic carbocycles. The summed E-state index contributed by atoms with van der Waals surface area (Å²) < 4.78 is 0. The number of carbonyl (C=O) groups excluding carboxylic acids is 3. The molecule has 11 nitrogen and oxygen atoms in total. The Bertz CT molecular complexity index is 638. The number of hydrogen-bond donors (Lipinski definition) is 5. The van der Waals surface area contributed by atoms with Crippen molar-refractivity contribution in [2.24, 2.45) is 11.7 Å². The summed E-state index contributed by atoms with van der Waals surface area (Å²) in [6.45, 7) is 3.58. The van der Waals surface area contributed by atoms with E-state index in [0.717, 1.165) is 0 Å². The molecular weight excluding hydrogens is 384 g/mol. The van der Waals surface area contributed by atoms with Crippen LogP contribution < -0.4 is 16.4 Å². The molecule has 0 aromatic rings. The van der Waals surface area contributed by atoms with E-state index in [2.05, 4.69) is 10.6 Å². The number of carboxylic acids is 2. The average molecular weight is 414 g/mol. The molecule has 1 heterocycles. The van der Waals surface area contributed by atoms with E-state index < -0.39 is 54.8 Å². The molecule has 0 spiro atoms. The van der Waals surface area contributed by atoms with Crippen molar-refractivity contribution in [3.8, 4) is 0 Å². The Balaban J connectivity index is 2.82. The average Bonchev–Trinajstić information content (AvgIpc) is 3.11. The third kappa shape index (κ3) is 8.06. The van der Waals surface area contributed by atoms with Crippen LogP contribution in [-0.4, -0.2) is 76.0 Å². The van der Waals surface area contributed by atoms with Gasteiger partial charge in [-0.25, -0.2) is 0 Å². The van der Waals surface area contributed by atoms with Gasteiger partial charge < -0.3 is 31.5 Å².